The lowest BCUT2D eigenvalue weighted by molar-refractivity contribution is 0.199. The van der Waals surface area contributed by atoms with E-state index in [0.717, 1.165) is 43.2 Å². The van der Waals surface area contributed by atoms with Crippen LogP contribution in [-0.4, -0.2) is 41.0 Å². The molecule has 0 aliphatic rings. The maximum atomic E-state index is 5.33. The number of hydrogen-bond acceptors (Lipinski definition) is 4. The molecule has 0 unspecified atom stereocenters. The topological polar surface area (TPSA) is 39.7 Å². The predicted octanol–water partition coefficient (Wildman–Crippen LogP) is 1.48. The molecule has 1 aromatic rings. The second kappa shape index (κ2) is 7.92. The summed E-state index contributed by atoms with van der Waals surface area (Å²) in [5.74, 6) is 1.75. The molecular weight excluding hydrogens is 218 g/mol. The Morgan fingerprint density at radius 2 is 1.65 bits per heavy atom. The fourth-order valence-electron chi connectivity index (χ4n) is 1.69. The van der Waals surface area contributed by atoms with Crippen LogP contribution in [0.5, 0.6) is 11.5 Å². The first-order chi connectivity index (χ1) is 8.33. The maximum absolute atomic E-state index is 5.33. The molecule has 0 spiro atoms. The van der Waals surface area contributed by atoms with E-state index in [0.29, 0.717) is 0 Å². The van der Waals surface area contributed by atoms with Crippen molar-refractivity contribution in [1.82, 2.24) is 5.32 Å². The first-order valence-electron chi connectivity index (χ1n) is 5.73. The van der Waals surface area contributed by atoms with Crippen LogP contribution in [0.1, 0.15) is 5.56 Å². The molecule has 4 heteroatoms. The normalized spacial score (nSPS) is 10.3. The van der Waals surface area contributed by atoms with Gasteiger partial charge in [0.15, 0.2) is 0 Å². The van der Waals surface area contributed by atoms with Crippen LogP contribution in [0.4, 0.5) is 0 Å². The van der Waals surface area contributed by atoms with Crippen molar-refractivity contribution in [2.45, 2.75) is 6.42 Å². The van der Waals surface area contributed by atoms with Crippen molar-refractivity contribution in [3.63, 3.8) is 0 Å². The highest BCUT2D eigenvalue weighted by atomic mass is 16.5. The first-order valence-corrected chi connectivity index (χ1v) is 5.73. The van der Waals surface area contributed by atoms with Crippen molar-refractivity contribution in [3.8, 4) is 11.5 Å². The highest BCUT2D eigenvalue weighted by Crippen LogP contribution is 2.28. The monoisotopic (exact) mass is 239 g/mol. The quantitative estimate of drug-likeness (QED) is 0.698. The lowest BCUT2D eigenvalue weighted by Crippen LogP contribution is -2.22. The van der Waals surface area contributed by atoms with E-state index >= 15 is 0 Å². The van der Waals surface area contributed by atoms with Gasteiger partial charge in [0.2, 0.25) is 0 Å². The van der Waals surface area contributed by atoms with Gasteiger partial charge in [0, 0.05) is 19.2 Å². The summed E-state index contributed by atoms with van der Waals surface area (Å²) in [5, 5.41) is 3.30. The average molecular weight is 239 g/mol. The van der Waals surface area contributed by atoms with Gasteiger partial charge in [-0.3, -0.25) is 0 Å². The predicted molar refractivity (Wildman–Crippen MR) is 68.0 cm³/mol. The Labute approximate surface area is 103 Å². The van der Waals surface area contributed by atoms with Gasteiger partial charge in [0.25, 0.3) is 0 Å². The van der Waals surface area contributed by atoms with Crippen molar-refractivity contribution in [2.24, 2.45) is 0 Å². The first kappa shape index (κ1) is 13.8. The Hall–Kier alpha value is -1.26. The van der Waals surface area contributed by atoms with Gasteiger partial charge in [-0.05, 0) is 25.1 Å². The standard InChI is InChI=1S/C13H21NO3/c1-15-10-9-14-8-7-11-12(16-2)5-4-6-13(11)17-3/h4-6,14H,7-10H2,1-3H3. The maximum Gasteiger partial charge on any atom is 0.125 e. The average Bonchev–Trinajstić information content (AvgIpc) is 2.38. The van der Waals surface area contributed by atoms with E-state index in [9.17, 15) is 0 Å². The summed E-state index contributed by atoms with van der Waals surface area (Å²) in [4.78, 5) is 0. The number of hydrogen-bond donors (Lipinski definition) is 1. The largest absolute Gasteiger partial charge is 0.496 e. The van der Waals surface area contributed by atoms with Gasteiger partial charge >= 0.3 is 0 Å². The fraction of sp³-hybridized carbons (Fsp3) is 0.538. The van der Waals surface area contributed by atoms with Gasteiger partial charge in [-0.2, -0.15) is 0 Å². The summed E-state index contributed by atoms with van der Waals surface area (Å²) >= 11 is 0. The molecule has 0 radical (unpaired) electrons. The fourth-order valence-corrected chi connectivity index (χ4v) is 1.69. The van der Waals surface area contributed by atoms with Crippen molar-refractivity contribution in [3.05, 3.63) is 23.8 Å². The van der Waals surface area contributed by atoms with Crippen LogP contribution in [0.15, 0.2) is 18.2 Å². The molecular formula is C13H21NO3. The van der Waals surface area contributed by atoms with Crippen LogP contribution < -0.4 is 14.8 Å². The molecule has 0 amide bonds. The van der Waals surface area contributed by atoms with Crippen LogP contribution >= 0.6 is 0 Å². The third-order valence-electron chi connectivity index (χ3n) is 2.56. The lowest BCUT2D eigenvalue weighted by atomic mass is 10.1. The number of ether oxygens (including phenoxy) is 3. The van der Waals surface area contributed by atoms with Crippen molar-refractivity contribution in [1.29, 1.82) is 0 Å². The van der Waals surface area contributed by atoms with Gasteiger partial charge in [0.1, 0.15) is 11.5 Å². The van der Waals surface area contributed by atoms with E-state index in [2.05, 4.69) is 5.32 Å². The van der Waals surface area contributed by atoms with E-state index < -0.39 is 0 Å². The number of rotatable bonds is 8. The molecule has 0 aromatic heterocycles. The van der Waals surface area contributed by atoms with E-state index in [1.54, 1.807) is 21.3 Å². The summed E-state index contributed by atoms with van der Waals surface area (Å²) in [6.07, 6.45) is 0.872. The van der Waals surface area contributed by atoms with Crippen LogP contribution in [0.3, 0.4) is 0 Å². The van der Waals surface area contributed by atoms with E-state index in [1.807, 2.05) is 18.2 Å². The molecule has 0 aliphatic heterocycles. The highest BCUT2D eigenvalue weighted by molar-refractivity contribution is 5.44. The molecule has 0 atom stereocenters. The Bertz CT molecular complexity index is 306. The Balaban J connectivity index is 2.55. The van der Waals surface area contributed by atoms with Crippen LogP contribution in [0, 0.1) is 0 Å². The van der Waals surface area contributed by atoms with E-state index in [4.69, 9.17) is 14.2 Å². The van der Waals surface area contributed by atoms with Crippen molar-refractivity contribution >= 4 is 0 Å². The zero-order valence-corrected chi connectivity index (χ0v) is 10.8. The molecule has 1 rings (SSSR count). The summed E-state index contributed by atoms with van der Waals surface area (Å²) in [5.41, 5.74) is 1.10. The van der Waals surface area contributed by atoms with Gasteiger partial charge in [-0.25, -0.2) is 0 Å². The molecule has 0 heterocycles. The second-order valence-electron chi connectivity index (χ2n) is 3.63. The minimum Gasteiger partial charge on any atom is -0.496 e. The lowest BCUT2D eigenvalue weighted by Gasteiger charge is -2.13. The number of benzene rings is 1. The summed E-state index contributed by atoms with van der Waals surface area (Å²) < 4.78 is 15.6. The zero-order chi connectivity index (χ0) is 12.5. The molecule has 4 nitrogen and oxygen atoms in total. The summed E-state index contributed by atoms with van der Waals surface area (Å²) in [7, 11) is 5.05. The molecule has 0 fully saturated rings. The molecule has 0 saturated carbocycles. The molecule has 17 heavy (non-hydrogen) atoms. The third kappa shape index (κ3) is 4.24. The zero-order valence-electron chi connectivity index (χ0n) is 10.8. The van der Waals surface area contributed by atoms with Crippen LogP contribution in [0.2, 0.25) is 0 Å². The third-order valence-corrected chi connectivity index (χ3v) is 2.56. The Morgan fingerprint density at radius 1 is 1.00 bits per heavy atom. The smallest absolute Gasteiger partial charge is 0.125 e. The van der Waals surface area contributed by atoms with Gasteiger partial charge in [-0.1, -0.05) is 6.07 Å². The second-order valence-corrected chi connectivity index (χ2v) is 3.63. The Morgan fingerprint density at radius 3 is 2.18 bits per heavy atom. The SMILES string of the molecule is COCCNCCc1c(OC)cccc1OC. The highest BCUT2D eigenvalue weighted by Gasteiger charge is 2.08. The number of nitrogens with one attached hydrogen (secondary N) is 1. The molecule has 0 aliphatic carbocycles. The summed E-state index contributed by atoms with van der Waals surface area (Å²) in [6, 6.07) is 5.83. The van der Waals surface area contributed by atoms with Gasteiger partial charge in [0.05, 0.1) is 20.8 Å². The minimum absolute atomic E-state index is 0.725. The van der Waals surface area contributed by atoms with Crippen molar-refractivity contribution in [2.75, 3.05) is 41.0 Å². The molecule has 0 bridgehead atoms. The van der Waals surface area contributed by atoms with Gasteiger partial charge < -0.3 is 19.5 Å². The van der Waals surface area contributed by atoms with Gasteiger partial charge in [-0.15, -0.1) is 0 Å². The summed E-state index contributed by atoms with van der Waals surface area (Å²) in [6.45, 7) is 2.46. The minimum atomic E-state index is 0.725. The molecule has 1 aromatic carbocycles. The molecule has 0 saturated heterocycles. The Kier molecular flexibility index (Phi) is 6.43. The van der Waals surface area contributed by atoms with E-state index in [1.165, 1.54) is 0 Å². The van der Waals surface area contributed by atoms with E-state index in [-0.39, 0.29) is 0 Å². The van der Waals surface area contributed by atoms with Crippen molar-refractivity contribution < 1.29 is 14.2 Å². The van der Waals surface area contributed by atoms with Crippen LogP contribution in [-0.2, 0) is 11.2 Å². The molecule has 1 N–H and O–H groups in total. The number of methoxy groups -OCH3 is 3. The molecule has 96 valence electrons. The van der Waals surface area contributed by atoms with Crippen LogP contribution in [0.25, 0.3) is 0 Å².